The van der Waals surface area contributed by atoms with Gasteiger partial charge in [0.05, 0.1) is 0 Å². The first-order valence-corrected chi connectivity index (χ1v) is 5.96. The van der Waals surface area contributed by atoms with Crippen LogP contribution in [0.1, 0.15) is 25.3 Å². The smallest absolute Gasteiger partial charge is 0.321 e. The van der Waals surface area contributed by atoms with Gasteiger partial charge in [-0.1, -0.05) is 25.1 Å². The summed E-state index contributed by atoms with van der Waals surface area (Å²) >= 11 is 0. The molecule has 1 heterocycles. The quantitative estimate of drug-likeness (QED) is 0.813. The molecule has 3 heteroatoms. The molecule has 86 valence electrons. The third-order valence-corrected chi connectivity index (χ3v) is 2.88. The highest BCUT2D eigenvalue weighted by Gasteiger charge is 2.21. The van der Waals surface area contributed by atoms with E-state index in [1.807, 2.05) is 23.1 Å². The van der Waals surface area contributed by atoms with Gasteiger partial charge in [-0.05, 0) is 30.9 Å². The van der Waals surface area contributed by atoms with E-state index in [1.165, 1.54) is 5.56 Å². The number of benzene rings is 1. The van der Waals surface area contributed by atoms with Crippen molar-refractivity contribution in [2.45, 2.75) is 26.2 Å². The number of fused-ring (bicyclic) bond motifs is 1. The minimum Gasteiger partial charge on any atom is -0.338 e. The first kappa shape index (κ1) is 11.0. The zero-order valence-electron chi connectivity index (χ0n) is 9.70. The van der Waals surface area contributed by atoms with Gasteiger partial charge in [-0.2, -0.15) is 0 Å². The summed E-state index contributed by atoms with van der Waals surface area (Å²) in [5.41, 5.74) is 2.35. The van der Waals surface area contributed by atoms with E-state index in [9.17, 15) is 4.79 Å². The highest BCUT2D eigenvalue weighted by Crippen LogP contribution is 2.26. The highest BCUT2D eigenvalue weighted by molar-refractivity contribution is 5.93. The number of amides is 2. The first-order valence-electron chi connectivity index (χ1n) is 5.96. The summed E-state index contributed by atoms with van der Waals surface area (Å²) in [6.45, 7) is 3.63. The maximum absolute atomic E-state index is 11.9. The average molecular weight is 218 g/mol. The van der Waals surface area contributed by atoms with Crippen LogP contribution in [-0.2, 0) is 6.42 Å². The van der Waals surface area contributed by atoms with Crippen LogP contribution < -0.4 is 10.2 Å². The van der Waals surface area contributed by atoms with Crippen molar-refractivity contribution >= 4 is 11.7 Å². The number of rotatable bonds is 2. The first-order chi connectivity index (χ1) is 7.83. The Bertz CT molecular complexity index is 376. The average Bonchev–Trinajstić information content (AvgIpc) is 2.35. The Hall–Kier alpha value is -1.51. The Kier molecular flexibility index (Phi) is 3.44. The second-order valence-corrected chi connectivity index (χ2v) is 4.12. The molecule has 1 aromatic rings. The molecule has 0 spiro atoms. The number of para-hydroxylation sites is 1. The number of nitrogens with one attached hydrogen (secondary N) is 1. The number of anilines is 1. The summed E-state index contributed by atoms with van der Waals surface area (Å²) < 4.78 is 0. The molecule has 1 aromatic carbocycles. The maximum atomic E-state index is 11.9. The fraction of sp³-hybridized carbons (Fsp3) is 0.462. The second-order valence-electron chi connectivity index (χ2n) is 4.12. The van der Waals surface area contributed by atoms with Gasteiger partial charge < -0.3 is 5.32 Å². The predicted molar refractivity (Wildman–Crippen MR) is 65.8 cm³/mol. The predicted octanol–water partition coefficient (Wildman–Crippen LogP) is 2.56. The zero-order chi connectivity index (χ0) is 11.4. The van der Waals surface area contributed by atoms with Gasteiger partial charge in [-0.3, -0.25) is 4.90 Å². The van der Waals surface area contributed by atoms with E-state index in [0.717, 1.165) is 38.0 Å². The van der Waals surface area contributed by atoms with Crippen LogP contribution in [-0.4, -0.2) is 19.1 Å². The SMILES string of the molecule is CCCNC(=O)N1CCCc2ccccc21. The third kappa shape index (κ3) is 2.18. The largest absolute Gasteiger partial charge is 0.338 e. The highest BCUT2D eigenvalue weighted by atomic mass is 16.2. The van der Waals surface area contributed by atoms with Gasteiger partial charge in [-0.25, -0.2) is 4.79 Å². The molecule has 2 rings (SSSR count). The molecule has 0 atom stereocenters. The monoisotopic (exact) mass is 218 g/mol. The summed E-state index contributed by atoms with van der Waals surface area (Å²) in [5, 5.41) is 2.93. The van der Waals surface area contributed by atoms with Crippen LogP contribution >= 0.6 is 0 Å². The van der Waals surface area contributed by atoms with Gasteiger partial charge in [0, 0.05) is 18.8 Å². The van der Waals surface area contributed by atoms with Crippen LogP contribution in [0, 0.1) is 0 Å². The molecule has 3 nitrogen and oxygen atoms in total. The van der Waals surface area contributed by atoms with Crippen LogP contribution in [0.4, 0.5) is 10.5 Å². The molecular formula is C13H18N2O. The lowest BCUT2D eigenvalue weighted by molar-refractivity contribution is 0.246. The van der Waals surface area contributed by atoms with Crippen LogP contribution in [0.15, 0.2) is 24.3 Å². The van der Waals surface area contributed by atoms with E-state index in [1.54, 1.807) is 0 Å². The lowest BCUT2D eigenvalue weighted by Crippen LogP contribution is -2.43. The molecule has 1 aliphatic rings. The van der Waals surface area contributed by atoms with Crippen molar-refractivity contribution in [3.63, 3.8) is 0 Å². The minimum atomic E-state index is 0.0361. The van der Waals surface area contributed by atoms with Crippen molar-refractivity contribution in [3.8, 4) is 0 Å². The fourth-order valence-electron chi connectivity index (χ4n) is 2.07. The summed E-state index contributed by atoms with van der Waals surface area (Å²) in [6.07, 6.45) is 3.10. The van der Waals surface area contributed by atoms with Crippen molar-refractivity contribution in [2.24, 2.45) is 0 Å². The van der Waals surface area contributed by atoms with Gasteiger partial charge in [0.2, 0.25) is 0 Å². The van der Waals surface area contributed by atoms with Gasteiger partial charge in [-0.15, -0.1) is 0 Å². The Morgan fingerprint density at radius 3 is 3.06 bits per heavy atom. The fourth-order valence-corrected chi connectivity index (χ4v) is 2.07. The number of urea groups is 1. The van der Waals surface area contributed by atoms with E-state index < -0.39 is 0 Å². The zero-order valence-corrected chi connectivity index (χ0v) is 9.70. The van der Waals surface area contributed by atoms with E-state index >= 15 is 0 Å². The normalized spacial score (nSPS) is 14.4. The lowest BCUT2D eigenvalue weighted by Gasteiger charge is -2.29. The summed E-state index contributed by atoms with van der Waals surface area (Å²) in [4.78, 5) is 13.8. The number of nitrogens with zero attached hydrogens (tertiary/aromatic N) is 1. The Balaban J connectivity index is 2.15. The minimum absolute atomic E-state index is 0.0361. The molecule has 16 heavy (non-hydrogen) atoms. The topological polar surface area (TPSA) is 32.3 Å². The van der Waals surface area contributed by atoms with Crippen molar-refractivity contribution in [1.29, 1.82) is 0 Å². The molecule has 0 unspecified atom stereocenters. The summed E-state index contributed by atoms with van der Waals surface area (Å²) in [7, 11) is 0. The summed E-state index contributed by atoms with van der Waals surface area (Å²) in [6, 6.07) is 8.19. The Morgan fingerprint density at radius 1 is 1.44 bits per heavy atom. The van der Waals surface area contributed by atoms with Gasteiger partial charge in [0.15, 0.2) is 0 Å². The van der Waals surface area contributed by atoms with E-state index in [-0.39, 0.29) is 6.03 Å². The molecule has 2 amide bonds. The molecule has 0 aromatic heterocycles. The molecule has 1 N–H and O–H groups in total. The molecule has 0 radical (unpaired) electrons. The van der Waals surface area contributed by atoms with Crippen molar-refractivity contribution < 1.29 is 4.79 Å². The van der Waals surface area contributed by atoms with Crippen molar-refractivity contribution in [2.75, 3.05) is 18.0 Å². The molecular weight excluding hydrogens is 200 g/mol. The molecule has 0 saturated carbocycles. The van der Waals surface area contributed by atoms with Gasteiger partial charge >= 0.3 is 6.03 Å². The second kappa shape index (κ2) is 5.01. The standard InChI is InChI=1S/C13H18N2O/c1-2-9-14-13(16)15-10-5-7-11-6-3-4-8-12(11)15/h3-4,6,8H,2,5,7,9-10H2,1H3,(H,14,16). The lowest BCUT2D eigenvalue weighted by atomic mass is 10.0. The van der Waals surface area contributed by atoms with Crippen LogP contribution in [0.25, 0.3) is 0 Å². The molecule has 1 aliphatic heterocycles. The van der Waals surface area contributed by atoms with Crippen molar-refractivity contribution in [1.82, 2.24) is 5.32 Å². The number of hydrogen-bond acceptors (Lipinski definition) is 1. The Labute approximate surface area is 96.5 Å². The van der Waals surface area contributed by atoms with Crippen LogP contribution in [0.3, 0.4) is 0 Å². The number of aryl methyl sites for hydroxylation is 1. The van der Waals surface area contributed by atoms with Gasteiger partial charge in [0.1, 0.15) is 0 Å². The summed E-state index contributed by atoms with van der Waals surface area (Å²) in [5.74, 6) is 0. The maximum Gasteiger partial charge on any atom is 0.321 e. The van der Waals surface area contributed by atoms with E-state index in [2.05, 4.69) is 18.3 Å². The van der Waals surface area contributed by atoms with Crippen molar-refractivity contribution in [3.05, 3.63) is 29.8 Å². The van der Waals surface area contributed by atoms with Crippen LogP contribution in [0.5, 0.6) is 0 Å². The molecule has 0 bridgehead atoms. The molecule has 0 saturated heterocycles. The molecule has 0 fully saturated rings. The molecule has 0 aliphatic carbocycles. The van der Waals surface area contributed by atoms with E-state index in [4.69, 9.17) is 0 Å². The number of hydrogen-bond donors (Lipinski definition) is 1. The number of carbonyl (C=O) groups is 1. The van der Waals surface area contributed by atoms with Crippen LogP contribution in [0.2, 0.25) is 0 Å². The number of carbonyl (C=O) groups excluding carboxylic acids is 1. The van der Waals surface area contributed by atoms with E-state index in [0.29, 0.717) is 0 Å². The van der Waals surface area contributed by atoms with Gasteiger partial charge in [0.25, 0.3) is 0 Å². The Morgan fingerprint density at radius 2 is 2.25 bits per heavy atom. The third-order valence-electron chi connectivity index (χ3n) is 2.88.